The molecular weight excluding hydrogens is 232 g/mol. The van der Waals surface area contributed by atoms with Crippen LogP contribution in [0.5, 0.6) is 0 Å². The first-order chi connectivity index (χ1) is 6.85. The third-order valence-corrected chi connectivity index (χ3v) is 4.24. The Morgan fingerprint density at radius 2 is 1.87 bits per heavy atom. The molecule has 0 radical (unpaired) electrons. The van der Waals surface area contributed by atoms with Gasteiger partial charge in [0, 0.05) is 9.92 Å². The summed E-state index contributed by atoms with van der Waals surface area (Å²) in [6, 6.07) is 6.71. The van der Waals surface area contributed by atoms with Crippen LogP contribution < -0.4 is 5.73 Å². The smallest absolute Gasteiger partial charge is 0.110 e. The van der Waals surface area contributed by atoms with E-state index in [1.807, 2.05) is 0 Å². The lowest BCUT2D eigenvalue weighted by atomic mass is 10.2. The molecular formula is C10H13ClN2OS. The van der Waals surface area contributed by atoms with Gasteiger partial charge in [0.1, 0.15) is 10.6 Å². The largest absolute Gasteiger partial charge is 0.386 e. The topological polar surface area (TPSA) is 66.9 Å². The predicted molar refractivity (Wildman–Crippen MR) is 63.9 cm³/mol. The molecule has 0 fully saturated rings. The van der Waals surface area contributed by atoms with Gasteiger partial charge in [0.05, 0.1) is 10.8 Å². The summed E-state index contributed by atoms with van der Waals surface area (Å²) in [5, 5.41) is 7.97. The SMILES string of the molecule is CC(C)(C(=N)N)S(=O)c1ccc(Cl)cc1. The predicted octanol–water partition coefficient (Wildman–Crippen LogP) is 2.16. The Kier molecular flexibility index (Phi) is 3.52. The van der Waals surface area contributed by atoms with Crippen LogP contribution in [0.3, 0.4) is 0 Å². The van der Waals surface area contributed by atoms with E-state index in [-0.39, 0.29) is 5.84 Å². The molecule has 0 saturated carbocycles. The highest BCUT2D eigenvalue weighted by molar-refractivity contribution is 7.87. The maximum atomic E-state index is 12.1. The molecule has 5 heteroatoms. The van der Waals surface area contributed by atoms with Gasteiger partial charge in [-0.15, -0.1) is 0 Å². The van der Waals surface area contributed by atoms with Crippen LogP contribution in [0.2, 0.25) is 5.02 Å². The molecule has 1 atom stereocenters. The number of amidine groups is 1. The van der Waals surface area contributed by atoms with Crippen LogP contribution >= 0.6 is 11.6 Å². The molecule has 0 aliphatic heterocycles. The van der Waals surface area contributed by atoms with E-state index in [2.05, 4.69) is 0 Å². The molecule has 0 aliphatic rings. The first kappa shape index (κ1) is 12.2. The second-order valence-corrected chi connectivity index (χ2v) is 6.11. The monoisotopic (exact) mass is 244 g/mol. The molecule has 3 nitrogen and oxygen atoms in total. The minimum Gasteiger partial charge on any atom is -0.386 e. The average molecular weight is 245 g/mol. The first-order valence-corrected chi connectivity index (χ1v) is 5.90. The molecule has 82 valence electrons. The lowest BCUT2D eigenvalue weighted by Crippen LogP contribution is -2.41. The van der Waals surface area contributed by atoms with Crippen molar-refractivity contribution in [3.05, 3.63) is 29.3 Å². The summed E-state index contributed by atoms with van der Waals surface area (Å²) in [6.45, 7) is 3.36. The zero-order chi connectivity index (χ0) is 11.6. The third kappa shape index (κ3) is 2.58. The Balaban J connectivity index is 3.05. The average Bonchev–Trinajstić information content (AvgIpc) is 2.17. The molecule has 0 heterocycles. The lowest BCUT2D eigenvalue weighted by Gasteiger charge is -2.22. The summed E-state index contributed by atoms with van der Waals surface area (Å²) in [5.41, 5.74) is 5.40. The van der Waals surface area contributed by atoms with Gasteiger partial charge in [0.2, 0.25) is 0 Å². The zero-order valence-corrected chi connectivity index (χ0v) is 10.2. The Morgan fingerprint density at radius 1 is 1.40 bits per heavy atom. The highest BCUT2D eigenvalue weighted by atomic mass is 35.5. The van der Waals surface area contributed by atoms with Gasteiger partial charge in [-0.3, -0.25) is 9.62 Å². The summed E-state index contributed by atoms with van der Waals surface area (Å²) in [5.74, 6) is -0.0872. The third-order valence-electron chi connectivity index (χ3n) is 2.14. The van der Waals surface area contributed by atoms with Crippen molar-refractivity contribution in [2.45, 2.75) is 23.5 Å². The normalized spacial score (nSPS) is 13.5. The molecule has 1 aromatic rings. The molecule has 0 aromatic heterocycles. The number of halogens is 1. The van der Waals surface area contributed by atoms with Gasteiger partial charge in [-0.1, -0.05) is 11.6 Å². The number of rotatable bonds is 3. The Morgan fingerprint density at radius 3 is 2.27 bits per heavy atom. The first-order valence-electron chi connectivity index (χ1n) is 4.37. The van der Waals surface area contributed by atoms with Crippen molar-refractivity contribution in [3.8, 4) is 0 Å². The van der Waals surface area contributed by atoms with Gasteiger partial charge in [0.15, 0.2) is 0 Å². The van der Waals surface area contributed by atoms with Crippen LogP contribution in [0.25, 0.3) is 0 Å². The van der Waals surface area contributed by atoms with Gasteiger partial charge in [-0.2, -0.15) is 0 Å². The summed E-state index contributed by atoms with van der Waals surface area (Å²) in [6.07, 6.45) is 0. The number of hydrogen-bond donors (Lipinski definition) is 2. The van der Waals surface area contributed by atoms with Crippen molar-refractivity contribution in [1.82, 2.24) is 0 Å². The molecule has 15 heavy (non-hydrogen) atoms. The molecule has 1 aromatic carbocycles. The number of hydrogen-bond acceptors (Lipinski definition) is 2. The van der Waals surface area contributed by atoms with E-state index in [1.54, 1.807) is 38.1 Å². The maximum Gasteiger partial charge on any atom is 0.110 e. The Hall–Kier alpha value is -0.870. The molecule has 0 bridgehead atoms. The van der Waals surface area contributed by atoms with Crippen molar-refractivity contribution in [2.75, 3.05) is 0 Å². The second kappa shape index (κ2) is 4.33. The van der Waals surface area contributed by atoms with Gasteiger partial charge in [-0.05, 0) is 38.1 Å². The van der Waals surface area contributed by atoms with Crippen LogP contribution in [0.15, 0.2) is 29.2 Å². The Labute approximate surface area is 96.6 Å². The summed E-state index contributed by atoms with van der Waals surface area (Å²) < 4.78 is 11.2. The summed E-state index contributed by atoms with van der Waals surface area (Å²) >= 11 is 5.73. The molecule has 0 amide bonds. The van der Waals surface area contributed by atoms with Crippen molar-refractivity contribution in [1.29, 1.82) is 5.41 Å². The number of nitrogens with one attached hydrogen (secondary N) is 1. The molecule has 0 saturated heterocycles. The zero-order valence-electron chi connectivity index (χ0n) is 8.58. The molecule has 0 spiro atoms. The minimum atomic E-state index is -1.34. The fourth-order valence-electron chi connectivity index (χ4n) is 0.953. The van der Waals surface area contributed by atoms with Crippen LogP contribution in [-0.2, 0) is 10.8 Å². The molecule has 1 unspecified atom stereocenters. The standard InChI is InChI=1S/C10H13ClN2OS/c1-10(2,9(12)13)15(14)8-5-3-7(11)4-6-8/h3-6H,1-2H3,(H3,12,13). The number of nitrogens with two attached hydrogens (primary N) is 1. The Bertz CT molecular complexity index is 400. The second-order valence-electron chi connectivity index (χ2n) is 3.65. The van der Waals surface area contributed by atoms with Crippen LogP contribution in [-0.4, -0.2) is 14.8 Å². The number of benzene rings is 1. The van der Waals surface area contributed by atoms with Crippen molar-refractivity contribution in [3.63, 3.8) is 0 Å². The van der Waals surface area contributed by atoms with E-state index in [0.29, 0.717) is 9.92 Å². The van der Waals surface area contributed by atoms with Crippen molar-refractivity contribution >= 4 is 28.2 Å². The van der Waals surface area contributed by atoms with E-state index >= 15 is 0 Å². The quantitative estimate of drug-likeness (QED) is 0.632. The highest BCUT2D eigenvalue weighted by Crippen LogP contribution is 2.22. The molecule has 0 aliphatic carbocycles. The van der Waals surface area contributed by atoms with E-state index in [0.717, 1.165) is 0 Å². The van der Waals surface area contributed by atoms with Crippen molar-refractivity contribution in [2.24, 2.45) is 5.73 Å². The van der Waals surface area contributed by atoms with Gasteiger partial charge < -0.3 is 5.73 Å². The molecule has 1 rings (SSSR count). The van der Waals surface area contributed by atoms with Gasteiger partial charge >= 0.3 is 0 Å². The van der Waals surface area contributed by atoms with E-state index < -0.39 is 15.5 Å². The van der Waals surface area contributed by atoms with E-state index in [1.165, 1.54) is 0 Å². The fraction of sp³-hybridized carbons (Fsp3) is 0.300. The molecule has 3 N–H and O–H groups in total. The summed E-state index contributed by atoms with van der Waals surface area (Å²) in [4.78, 5) is 0.625. The van der Waals surface area contributed by atoms with Gasteiger partial charge in [0.25, 0.3) is 0 Å². The van der Waals surface area contributed by atoms with Gasteiger partial charge in [-0.25, -0.2) is 0 Å². The maximum absolute atomic E-state index is 12.1. The highest BCUT2D eigenvalue weighted by Gasteiger charge is 2.30. The van der Waals surface area contributed by atoms with Crippen LogP contribution in [0.4, 0.5) is 0 Å². The van der Waals surface area contributed by atoms with Crippen LogP contribution in [0.1, 0.15) is 13.8 Å². The van der Waals surface area contributed by atoms with E-state index in [4.69, 9.17) is 22.7 Å². The minimum absolute atomic E-state index is 0.0872. The van der Waals surface area contributed by atoms with E-state index in [9.17, 15) is 4.21 Å². The lowest BCUT2D eigenvalue weighted by molar-refractivity contribution is 0.667. The summed E-state index contributed by atoms with van der Waals surface area (Å²) in [7, 11) is -1.34. The van der Waals surface area contributed by atoms with Crippen molar-refractivity contribution < 1.29 is 4.21 Å². The van der Waals surface area contributed by atoms with Crippen LogP contribution in [0, 0.1) is 5.41 Å². The fourth-order valence-corrected chi connectivity index (χ4v) is 2.25.